The van der Waals surface area contributed by atoms with E-state index in [1.54, 1.807) is 0 Å². The molecule has 1 N–H and O–H groups in total. The molecule has 0 amide bonds. The van der Waals surface area contributed by atoms with Crippen LogP contribution in [-0.2, 0) is 0 Å². The molecule has 126 valence electrons. The van der Waals surface area contributed by atoms with Gasteiger partial charge in [0.1, 0.15) is 5.82 Å². The molecule has 1 saturated heterocycles. The van der Waals surface area contributed by atoms with Gasteiger partial charge in [-0.05, 0) is 24.5 Å². The van der Waals surface area contributed by atoms with Crippen molar-refractivity contribution < 1.29 is 4.39 Å². The van der Waals surface area contributed by atoms with Gasteiger partial charge in [-0.1, -0.05) is 36.0 Å². The topological polar surface area (TPSA) is 15.3 Å². The smallest absolute Gasteiger partial charge is 0.129 e. The number of hydrogen-bond donors (Lipinski definition) is 1. The van der Waals surface area contributed by atoms with Crippen LogP contribution in [0.4, 0.5) is 4.39 Å². The number of nitrogens with one attached hydrogen (secondary N) is 1. The zero-order valence-corrected chi connectivity index (χ0v) is 15.3. The highest BCUT2D eigenvalue weighted by Gasteiger charge is 2.33. The second kappa shape index (κ2) is 8.91. The van der Waals surface area contributed by atoms with E-state index in [2.05, 4.69) is 10.2 Å². The van der Waals surface area contributed by atoms with Crippen molar-refractivity contribution in [2.45, 2.75) is 25.3 Å². The third-order valence-corrected chi connectivity index (χ3v) is 5.08. The Morgan fingerprint density at radius 1 is 1.18 bits per heavy atom. The van der Waals surface area contributed by atoms with Gasteiger partial charge in [0.15, 0.2) is 0 Å². The van der Waals surface area contributed by atoms with Crippen LogP contribution in [0.25, 0.3) is 0 Å². The summed E-state index contributed by atoms with van der Waals surface area (Å²) in [5, 5.41) is 4.16. The van der Waals surface area contributed by atoms with E-state index in [4.69, 9.17) is 23.2 Å². The fourth-order valence-corrected chi connectivity index (χ4v) is 3.40. The van der Waals surface area contributed by atoms with Crippen LogP contribution in [0.15, 0.2) is 12.1 Å². The molecule has 0 radical (unpaired) electrons. The van der Waals surface area contributed by atoms with Crippen molar-refractivity contribution in [3.63, 3.8) is 0 Å². The SMILES string of the molecule is Cl.Cl.Fc1ccc(Cl)c(Cl)c1[C@H](CC1CC1)N1CCNCC1. The lowest BCUT2D eigenvalue weighted by molar-refractivity contribution is 0.157. The maximum absolute atomic E-state index is 14.3. The van der Waals surface area contributed by atoms with Crippen LogP contribution in [-0.4, -0.2) is 31.1 Å². The molecule has 1 aliphatic heterocycles. The van der Waals surface area contributed by atoms with E-state index in [-0.39, 0.29) is 36.7 Å². The van der Waals surface area contributed by atoms with Gasteiger partial charge in [-0.3, -0.25) is 4.90 Å². The van der Waals surface area contributed by atoms with Crippen molar-refractivity contribution in [1.29, 1.82) is 0 Å². The predicted molar refractivity (Wildman–Crippen MR) is 95.4 cm³/mol. The lowest BCUT2D eigenvalue weighted by atomic mass is 9.98. The maximum atomic E-state index is 14.3. The molecule has 1 atom stereocenters. The first-order valence-electron chi connectivity index (χ1n) is 7.25. The Kier molecular flexibility index (Phi) is 8.21. The van der Waals surface area contributed by atoms with Gasteiger partial charge < -0.3 is 5.32 Å². The third-order valence-electron chi connectivity index (χ3n) is 4.26. The predicted octanol–water partition coefficient (Wildman–Crippen LogP) is 4.72. The number of nitrogens with zero attached hydrogens (tertiary/aromatic N) is 1. The van der Waals surface area contributed by atoms with Crippen LogP contribution in [0.1, 0.15) is 30.9 Å². The molecule has 1 aromatic carbocycles. The number of halogens is 5. The Balaban J connectivity index is 0.00000121. The summed E-state index contributed by atoms with van der Waals surface area (Å²) in [5.41, 5.74) is 0.591. The zero-order valence-electron chi connectivity index (χ0n) is 12.2. The molecule has 7 heteroatoms. The second-order valence-corrected chi connectivity index (χ2v) is 6.52. The van der Waals surface area contributed by atoms with Crippen LogP contribution in [0.3, 0.4) is 0 Å². The minimum Gasteiger partial charge on any atom is -0.314 e. The van der Waals surface area contributed by atoms with Crippen molar-refractivity contribution in [3.05, 3.63) is 33.6 Å². The highest BCUT2D eigenvalue weighted by Crippen LogP contribution is 2.43. The highest BCUT2D eigenvalue weighted by molar-refractivity contribution is 6.42. The van der Waals surface area contributed by atoms with Gasteiger partial charge in [0.2, 0.25) is 0 Å². The molecule has 2 nitrogen and oxygen atoms in total. The van der Waals surface area contributed by atoms with Crippen molar-refractivity contribution in [2.24, 2.45) is 5.92 Å². The average Bonchev–Trinajstić information content (AvgIpc) is 3.27. The minimum absolute atomic E-state index is 0. The summed E-state index contributed by atoms with van der Waals surface area (Å²) < 4.78 is 14.3. The first-order valence-corrected chi connectivity index (χ1v) is 8.00. The number of hydrogen-bond acceptors (Lipinski definition) is 2. The van der Waals surface area contributed by atoms with Crippen molar-refractivity contribution in [2.75, 3.05) is 26.2 Å². The summed E-state index contributed by atoms with van der Waals surface area (Å²) >= 11 is 12.4. The minimum atomic E-state index is -0.233. The summed E-state index contributed by atoms with van der Waals surface area (Å²) in [6.07, 6.45) is 3.49. The lowest BCUT2D eigenvalue weighted by Crippen LogP contribution is -2.45. The Labute approximate surface area is 153 Å². The first kappa shape index (κ1) is 20.3. The quantitative estimate of drug-likeness (QED) is 0.749. The number of benzene rings is 1. The Morgan fingerprint density at radius 2 is 1.82 bits per heavy atom. The van der Waals surface area contributed by atoms with E-state index in [0.717, 1.165) is 32.6 Å². The van der Waals surface area contributed by atoms with Crippen molar-refractivity contribution in [3.8, 4) is 0 Å². The Morgan fingerprint density at radius 3 is 2.41 bits per heavy atom. The third kappa shape index (κ3) is 4.62. The number of rotatable bonds is 4. The van der Waals surface area contributed by atoms with Crippen LogP contribution < -0.4 is 5.32 Å². The maximum Gasteiger partial charge on any atom is 0.129 e. The van der Waals surface area contributed by atoms with Gasteiger partial charge >= 0.3 is 0 Å². The molecule has 2 fully saturated rings. The van der Waals surface area contributed by atoms with Crippen LogP contribution >= 0.6 is 48.0 Å². The average molecular weight is 390 g/mol. The molecule has 0 bridgehead atoms. The van der Waals surface area contributed by atoms with Gasteiger partial charge in [-0.15, -0.1) is 24.8 Å². The molecule has 3 rings (SSSR count). The summed E-state index contributed by atoms with van der Waals surface area (Å²) in [7, 11) is 0. The molecule has 1 saturated carbocycles. The standard InChI is InChI=1S/C15H19Cl2FN2.2ClH/c16-11-3-4-12(18)14(15(11)17)13(9-10-1-2-10)20-7-5-19-6-8-20;;/h3-4,10,13,19H,1-2,5-9H2;2*1H/t13-;;/m0../s1. The van der Waals surface area contributed by atoms with E-state index in [1.165, 1.54) is 25.0 Å². The molecular formula is C15H21Cl4FN2. The summed E-state index contributed by atoms with van der Waals surface area (Å²) in [4.78, 5) is 2.34. The molecule has 22 heavy (non-hydrogen) atoms. The molecular weight excluding hydrogens is 369 g/mol. The molecule has 2 aliphatic rings. The fraction of sp³-hybridized carbons (Fsp3) is 0.600. The summed E-state index contributed by atoms with van der Waals surface area (Å²) in [5.74, 6) is 0.480. The van der Waals surface area contributed by atoms with E-state index in [9.17, 15) is 4.39 Å². The number of piperazine rings is 1. The summed E-state index contributed by atoms with van der Waals surface area (Å²) in [6, 6.07) is 3.02. The Bertz CT molecular complexity index is 491. The monoisotopic (exact) mass is 388 g/mol. The van der Waals surface area contributed by atoms with E-state index in [1.807, 2.05) is 0 Å². The van der Waals surface area contributed by atoms with Gasteiger partial charge in [-0.25, -0.2) is 4.39 Å². The molecule has 1 aromatic rings. The van der Waals surface area contributed by atoms with Crippen LogP contribution in [0.2, 0.25) is 10.0 Å². The molecule has 0 aromatic heterocycles. The first-order chi connectivity index (χ1) is 9.66. The van der Waals surface area contributed by atoms with E-state index >= 15 is 0 Å². The van der Waals surface area contributed by atoms with E-state index < -0.39 is 0 Å². The Hall–Kier alpha value is 0.230. The van der Waals surface area contributed by atoms with E-state index in [0.29, 0.717) is 21.5 Å². The summed E-state index contributed by atoms with van der Waals surface area (Å²) in [6.45, 7) is 3.75. The highest BCUT2D eigenvalue weighted by atomic mass is 35.5. The van der Waals surface area contributed by atoms with Gasteiger partial charge in [0.25, 0.3) is 0 Å². The second-order valence-electron chi connectivity index (χ2n) is 5.74. The van der Waals surface area contributed by atoms with Crippen LogP contribution in [0.5, 0.6) is 0 Å². The largest absolute Gasteiger partial charge is 0.314 e. The van der Waals surface area contributed by atoms with Crippen molar-refractivity contribution >= 4 is 48.0 Å². The molecule has 0 unspecified atom stereocenters. The molecule has 0 spiro atoms. The van der Waals surface area contributed by atoms with Gasteiger partial charge in [0.05, 0.1) is 10.0 Å². The zero-order chi connectivity index (χ0) is 14.1. The normalized spacial score (nSPS) is 20.0. The molecule has 1 aliphatic carbocycles. The fourth-order valence-electron chi connectivity index (χ4n) is 2.96. The van der Waals surface area contributed by atoms with Gasteiger partial charge in [-0.2, -0.15) is 0 Å². The van der Waals surface area contributed by atoms with Crippen molar-refractivity contribution in [1.82, 2.24) is 10.2 Å². The lowest BCUT2D eigenvalue weighted by Gasteiger charge is -2.36. The van der Waals surface area contributed by atoms with Gasteiger partial charge in [0, 0.05) is 37.8 Å². The molecule has 1 heterocycles. The van der Waals surface area contributed by atoms with Crippen LogP contribution in [0, 0.1) is 11.7 Å².